The van der Waals surface area contributed by atoms with Crippen molar-refractivity contribution in [2.45, 2.75) is 63.8 Å². The van der Waals surface area contributed by atoms with Gasteiger partial charge in [-0.3, -0.25) is 4.79 Å². The van der Waals surface area contributed by atoms with Crippen LogP contribution in [0.3, 0.4) is 0 Å². The number of amides is 1. The molecule has 4 aromatic rings. The molecular weight excluding hydrogens is 703 g/mol. The smallest absolute Gasteiger partial charge is 0.497 e. The molecule has 288 valence electrons. The van der Waals surface area contributed by atoms with Gasteiger partial charge in [0, 0.05) is 50.3 Å². The molecule has 1 N–H and O–H groups in total. The Kier molecular flexibility index (Phi) is 14.7. The molecule has 11 heteroatoms. The van der Waals surface area contributed by atoms with E-state index in [2.05, 4.69) is 26.1 Å². The van der Waals surface area contributed by atoms with Crippen molar-refractivity contribution in [1.29, 1.82) is 0 Å². The molecule has 54 heavy (non-hydrogen) atoms. The topological polar surface area (TPSA) is 119 Å². The van der Waals surface area contributed by atoms with E-state index in [1.54, 1.807) is 59.6 Å². The number of hydrogen-bond acceptors (Lipinski definition) is 9. The van der Waals surface area contributed by atoms with Crippen molar-refractivity contribution in [1.82, 2.24) is 5.32 Å². The molecule has 0 heterocycles. The van der Waals surface area contributed by atoms with Gasteiger partial charge in [-0.2, -0.15) is 0 Å². The van der Waals surface area contributed by atoms with Crippen molar-refractivity contribution >= 4 is 26.7 Å². The van der Waals surface area contributed by atoms with Gasteiger partial charge in [-0.1, -0.05) is 81.4 Å². The first-order valence-corrected chi connectivity index (χ1v) is 20.0. The zero-order valence-corrected chi connectivity index (χ0v) is 33.7. The van der Waals surface area contributed by atoms with Crippen LogP contribution in [0.15, 0.2) is 97.1 Å². The second-order valence-electron chi connectivity index (χ2n) is 13.9. The van der Waals surface area contributed by atoms with Crippen LogP contribution in [-0.4, -0.2) is 68.2 Å². The van der Waals surface area contributed by atoms with Crippen LogP contribution < -0.4 is 14.8 Å². The highest BCUT2D eigenvalue weighted by Gasteiger charge is 2.37. The maximum absolute atomic E-state index is 13.2. The number of hydrogen-bond donors (Lipinski definition) is 1. The zero-order valence-electron chi connectivity index (χ0n) is 32.7. The molecular formula is C43H53NO9Si. The first kappa shape index (κ1) is 41.9. The molecule has 1 atom stereocenters. The molecule has 0 saturated carbocycles. The van der Waals surface area contributed by atoms with Crippen LogP contribution in [0.25, 0.3) is 0 Å². The SMILES string of the molecule is COc1ccc(C(C)(C)c2ccc(C(=O)Oc3ccc(C(C)(CCCOC(=O)NCCC[Si](OC)(OC)OC)c4ccc(C(C)=O)cc4)cc3)cc2)cc1. The number of benzene rings is 4. The van der Waals surface area contributed by atoms with Gasteiger partial charge in [0.05, 0.1) is 19.3 Å². The Morgan fingerprint density at radius 3 is 1.63 bits per heavy atom. The van der Waals surface area contributed by atoms with Crippen LogP contribution in [0.1, 0.15) is 89.9 Å². The van der Waals surface area contributed by atoms with Gasteiger partial charge in [-0.25, -0.2) is 9.59 Å². The summed E-state index contributed by atoms with van der Waals surface area (Å²) in [6.07, 6.45) is 1.34. The van der Waals surface area contributed by atoms with Crippen molar-refractivity contribution in [3.63, 3.8) is 0 Å². The lowest BCUT2D eigenvalue weighted by molar-refractivity contribution is 0.0734. The van der Waals surface area contributed by atoms with Crippen molar-refractivity contribution in [3.8, 4) is 11.5 Å². The number of esters is 1. The van der Waals surface area contributed by atoms with E-state index < -0.39 is 26.3 Å². The van der Waals surface area contributed by atoms with Crippen LogP contribution in [-0.2, 0) is 28.8 Å². The Bertz CT molecular complexity index is 1810. The van der Waals surface area contributed by atoms with Crippen LogP contribution in [0.4, 0.5) is 4.79 Å². The molecule has 0 aliphatic heterocycles. The van der Waals surface area contributed by atoms with Gasteiger partial charge < -0.3 is 32.8 Å². The fraction of sp³-hybridized carbons (Fsp3) is 0.372. The van der Waals surface area contributed by atoms with Gasteiger partial charge in [0.2, 0.25) is 0 Å². The third-order valence-corrected chi connectivity index (χ3v) is 13.0. The summed E-state index contributed by atoms with van der Waals surface area (Å²) in [5.41, 5.74) is 4.47. The first-order chi connectivity index (χ1) is 25.8. The maximum atomic E-state index is 13.2. The number of ketones is 1. The molecule has 0 aromatic heterocycles. The summed E-state index contributed by atoms with van der Waals surface area (Å²) in [4.78, 5) is 37.6. The largest absolute Gasteiger partial charge is 0.500 e. The van der Waals surface area contributed by atoms with E-state index >= 15 is 0 Å². The second kappa shape index (κ2) is 19.0. The van der Waals surface area contributed by atoms with Gasteiger partial charge in [0.15, 0.2) is 5.78 Å². The van der Waals surface area contributed by atoms with Crippen molar-refractivity contribution in [3.05, 3.63) is 130 Å². The first-order valence-electron chi connectivity index (χ1n) is 18.1. The number of nitrogens with one attached hydrogen (secondary N) is 1. The molecule has 1 unspecified atom stereocenters. The van der Waals surface area contributed by atoms with E-state index in [-0.39, 0.29) is 17.8 Å². The Balaban J connectivity index is 1.40. The second-order valence-corrected chi connectivity index (χ2v) is 17.0. The van der Waals surface area contributed by atoms with Gasteiger partial charge in [-0.15, -0.1) is 0 Å². The molecule has 0 bridgehead atoms. The molecule has 10 nitrogen and oxygen atoms in total. The van der Waals surface area contributed by atoms with Crippen molar-refractivity contribution in [2.24, 2.45) is 0 Å². The fourth-order valence-corrected chi connectivity index (χ4v) is 8.20. The van der Waals surface area contributed by atoms with Gasteiger partial charge in [0.25, 0.3) is 0 Å². The Morgan fingerprint density at radius 2 is 1.11 bits per heavy atom. The van der Waals surface area contributed by atoms with Crippen LogP contribution in [0.5, 0.6) is 11.5 Å². The number of rotatable bonds is 19. The normalized spacial score (nSPS) is 12.7. The minimum Gasteiger partial charge on any atom is -0.497 e. The molecule has 4 aromatic carbocycles. The Labute approximate surface area is 320 Å². The number of methoxy groups -OCH3 is 1. The molecule has 0 radical (unpaired) electrons. The van der Waals surface area contributed by atoms with Gasteiger partial charge >= 0.3 is 20.9 Å². The fourth-order valence-electron chi connectivity index (χ4n) is 6.48. The number of ether oxygens (including phenoxy) is 3. The van der Waals surface area contributed by atoms with E-state index in [0.29, 0.717) is 48.7 Å². The third kappa shape index (κ3) is 10.4. The summed E-state index contributed by atoms with van der Waals surface area (Å²) < 4.78 is 32.9. The van der Waals surface area contributed by atoms with Crippen molar-refractivity contribution in [2.75, 3.05) is 41.6 Å². The number of carbonyl (C=O) groups is 3. The zero-order chi connectivity index (χ0) is 39.4. The lowest BCUT2D eigenvalue weighted by Crippen LogP contribution is -2.43. The predicted molar refractivity (Wildman–Crippen MR) is 211 cm³/mol. The quantitative estimate of drug-likeness (QED) is 0.0330. The monoisotopic (exact) mass is 755 g/mol. The molecule has 4 rings (SSSR count). The predicted octanol–water partition coefficient (Wildman–Crippen LogP) is 8.52. The highest BCUT2D eigenvalue weighted by atomic mass is 28.4. The van der Waals surface area contributed by atoms with Crippen LogP contribution in [0, 0.1) is 0 Å². The highest BCUT2D eigenvalue weighted by molar-refractivity contribution is 6.60. The molecule has 0 aliphatic rings. The maximum Gasteiger partial charge on any atom is 0.500 e. The lowest BCUT2D eigenvalue weighted by Gasteiger charge is -2.31. The number of carbonyl (C=O) groups excluding carboxylic acids is 3. The summed E-state index contributed by atoms with van der Waals surface area (Å²) >= 11 is 0. The minimum absolute atomic E-state index is 0.0101. The van der Waals surface area contributed by atoms with Gasteiger partial charge in [0.1, 0.15) is 11.5 Å². The molecule has 0 saturated heterocycles. The van der Waals surface area contributed by atoms with Crippen LogP contribution >= 0.6 is 0 Å². The molecule has 0 aliphatic carbocycles. The summed E-state index contributed by atoms with van der Waals surface area (Å²) in [6, 6.07) is 31.1. The number of alkyl carbamates (subject to hydrolysis) is 1. The molecule has 0 fully saturated rings. The van der Waals surface area contributed by atoms with Crippen molar-refractivity contribution < 1.29 is 41.9 Å². The Hall–Kier alpha value is -4.81. The summed E-state index contributed by atoms with van der Waals surface area (Å²) in [7, 11) is 3.62. The average Bonchev–Trinajstić information content (AvgIpc) is 3.20. The summed E-state index contributed by atoms with van der Waals surface area (Å²) in [5.74, 6) is 0.757. The lowest BCUT2D eigenvalue weighted by atomic mass is 9.73. The average molecular weight is 756 g/mol. The highest BCUT2D eigenvalue weighted by Crippen LogP contribution is 2.38. The van der Waals surface area contributed by atoms with Crippen LogP contribution in [0.2, 0.25) is 6.04 Å². The molecule has 0 spiro atoms. The van der Waals surface area contributed by atoms with E-state index in [4.69, 9.17) is 27.5 Å². The van der Waals surface area contributed by atoms with E-state index in [1.165, 1.54) is 0 Å². The molecule has 1 amide bonds. The van der Waals surface area contributed by atoms with E-state index in [9.17, 15) is 14.4 Å². The third-order valence-electron chi connectivity index (χ3n) is 10.2. The summed E-state index contributed by atoms with van der Waals surface area (Å²) in [5, 5.41) is 2.78. The summed E-state index contributed by atoms with van der Waals surface area (Å²) in [6.45, 7) is 8.55. The van der Waals surface area contributed by atoms with Gasteiger partial charge in [-0.05, 0) is 84.8 Å². The number of Topliss-reactive ketones (excluding diaryl/α,β-unsaturated/α-hetero) is 1. The standard InChI is InChI=1S/C43H53NO9Si/c1-31(45)32-11-17-36(18-12-32)43(4,27-9-29-52-41(47)44-28-10-30-54(49-6,50-7)51-8)37-21-25-39(26-22-37)53-40(46)33-13-15-34(16-14-33)42(2,3)35-19-23-38(48-5)24-20-35/h11-26H,9-10,27-30H2,1-8H3,(H,44,47). The Morgan fingerprint density at radius 1 is 0.630 bits per heavy atom. The van der Waals surface area contributed by atoms with E-state index in [1.807, 2.05) is 72.8 Å². The minimum atomic E-state index is -2.70. The van der Waals surface area contributed by atoms with E-state index in [0.717, 1.165) is 28.0 Å².